The van der Waals surface area contributed by atoms with Crippen molar-refractivity contribution < 1.29 is 5.11 Å². The molecule has 112 valence electrons. The van der Waals surface area contributed by atoms with E-state index in [0.717, 1.165) is 41.4 Å². The third-order valence-electron chi connectivity index (χ3n) is 4.31. The molecule has 0 spiro atoms. The number of hydrogen-bond acceptors (Lipinski definition) is 4. The molecular weight excluding hydrogens is 292 g/mol. The fourth-order valence-corrected chi connectivity index (χ4v) is 4.44. The smallest absolute Gasteiger partial charge is 0.176 e. The molecular formula is C18H18N2OS. The Morgan fingerprint density at radius 3 is 2.68 bits per heavy atom. The van der Waals surface area contributed by atoms with Crippen LogP contribution in [0.4, 0.5) is 0 Å². The highest BCUT2D eigenvalue weighted by Gasteiger charge is 2.46. The van der Waals surface area contributed by atoms with Crippen LogP contribution in [0.5, 0.6) is 0 Å². The number of aliphatic hydroxyl groups is 1. The van der Waals surface area contributed by atoms with Crippen molar-refractivity contribution in [3.63, 3.8) is 0 Å². The third-order valence-corrected chi connectivity index (χ3v) is 5.46. The van der Waals surface area contributed by atoms with Crippen molar-refractivity contribution in [1.29, 1.82) is 0 Å². The Morgan fingerprint density at radius 1 is 1.05 bits per heavy atom. The largest absolute Gasteiger partial charge is 0.366 e. The molecule has 2 heterocycles. The average Bonchev–Trinajstić information content (AvgIpc) is 2.94. The summed E-state index contributed by atoms with van der Waals surface area (Å²) < 4.78 is 0. The lowest BCUT2D eigenvalue weighted by atomic mass is 9.92. The van der Waals surface area contributed by atoms with Crippen LogP contribution >= 0.6 is 11.8 Å². The van der Waals surface area contributed by atoms with Gasteiger partial charge in [0.15, 0.2) is 10.9 Å². The summed E-state index contributed by atoms with van der Waals surface area (Å²) >= 11 is 1.66. The first-order valence-corrected chi connectivity index (χ1v) is 8.60. The molecule has 4 heteroatoms. The summed E-state index contributed by atoms with van der Waals surface area (Å²) in [7, 11) is 0. The Kier molecular flexibility index (Phi) is 3.43. The summed E-state index contributed by atoms with van der Waals surface area (Å²) in [4.78, 5) is 6.63. The van der Waals surface area contributed by atoms with Crippen LogP contribution in [0.1, 0.15) is 12.0 Å². The second-order valence-electron chi connectivity index (χ2n) is 5.69. The highest BCUT2D eigenvalue weighted by Crippen LogP contribution is 2.43. The fraction of sp³-hybridized carbons (Fsp3) is 0.278. The van der Waals surface area contributed by atoms with E-state index < -0.39 is 5.72 Å². The molecule has 2 aromatic carbocycles. The number of aliphatic imine (C=N–C) groups is 1. The molecule has 0 aromatic heterocycles. The standard InChI is InChI=1S/C18H18N2OS/c21-18(13-22-17-19-11-6-12-20(17)18)16-10-5-4-9-15(16)14-7-2-1-3-8-14/h1-5,7-10,21H,6,11-13H2. The van der Waals surface area contributed by atoms with Gasteiger partial charge in [-0.3, -0.25) is 4.99 Å². The zero-order valence-electron chi connectivity index (χ0n) is 12.3. The average molecular weight is 310 g/mol. The van der Waals surface area contributed by atoms with Gasteiger partial charge in [0.1, 0.15) is 0 Å². The van der Waals surface area contributed by atoms with E-state index in [1.165, 1.54) is 0 Å². The SMILES string of the molecule is OC1(c2ccccc2-c2ccccc2)CSC2=NCCCN21. The Hall–Kier alpha value is -1.78. The van der Waals surface area contributed by atoms with Crippen LogP contribution in [0.15, 0.2) is 59.6 Å². The van der Waals surface area contributed by atoms with Crippen molar-refractivity contribution in [1.82, 2.24) is 4.90 Å². The highest BCUT2D eigenvalue weighted by molar-refractivity contribution is 8.14. The minimum absolute atomic E-state index is 0.635. The first-order valence-electron chi connectivity index (χ1n) is 7.61. The first kappa shape index (κ1) is 13.9. The number of fused-ring (bicyclic) bond motifs is 1. The van der Waals surface area contributed by atoms with E-state index in [4.69, 9.17) is 0 Å². The normalized spacial score (nSPS) is 24.0. The monoisotopic (exact) mass is 310 g/mol. The van der Waals surface area contributed by atoms with E-state index in [9.17, 15) is 5.11 Å². The Bertz CT molecular complexity index is 716. The molecule has 4 rings (SSSR count). The van der Waals surface area contributed by atoms with Gasteiger partial charge in [-0.05, 0) is 17.5 Å². The molecule has 3 nitrogen and oxygen atoms in total. The van der Waals surface area contributed by atoms with E-state index in [1.807, 2.05) is 36.4 Å². The van der Waals surface area contributed by atoms with E-state index in [0.29, 0.717) is 5.75 Å². The summed E-state index contributed by atoms with van der Waals surface area (Å²) in [6, 6.07) is 18.4. The minimum atomic E-state index is -0.962. The van der Waals surface area contributed by atoms with Crippen LogP contribution in [-0.2, 0) is 5.72 Å². The summed E-state index contributed by atoms with van der Waals surface area (Å²) in [5, 5.41) is 12.4. The van der Waals surface area contributed by atoms with Gasteiger partial charge in [0.05, 0.1) is 5.75 Å². The quantitative estimate of drug-likeness (QED) is 0.924. The zero-order chi connectivity index (χ0) is 15.0. The first-order chi connectivity index (χ1) is 10.8. The van der Waals surface area contributed by atoms with Gasteiger partial charge in [-0.25, -0.2) is 0 Å². The van der Waals surface area contributed by atoms with Gasteiger partial charge >= 0.3 is 0 Å². The number of thioether (sulfide) groups is 1. The van der Waals surface area contributed by atoms with Crippen LogP contribution in [0.2, 0.25) is 0 Å². The summed E-state index contributed by atoms with van der Waals surface area (Å²) in [5.41, 5.74) is 2.24. The molecule has 0 bridgehead atoms. The Balaban J connectivity index is 1.83. The van der Waals surface area contributed by atoms with Gasteiger partial charge in [0, 0.05) is 18.7 Å². The minimum Gasteiger partial charge on any atom is -0.366 e. The topological polar surface area (TPSA) is 35.8 Å². The van der Waals surface area contributed by atoms with Crippen molar-refractivity contribution in [3.05, 3.63) is 60.2 Å². The van der Waals surface area contributed by atoms with Crippen molar-refractivity contribution >= 4 is 16.9 Å². The predicted octanol–water partition coefficient (Wildman–Crippen LogP) is 3.31. The molecule has 2 aromatic rings. The summed E-state index contributed by atoms with van der Waals surface area (Å²) in [6.07, 6.45) is 1.000. The van der Waals surface area contributed by atoms with Crippen LogP contribution in [0.3, 0.4) is 0 Å². The van der Waals surface area contributed by atoms with Crippen molar-refractivity contribution in [2.45, 2.75) is 12.1 Å². The highest BCUT2D eigenvalue weighted by atomic mass is 32.2. The second kappa shape index (κ2) is 5.45. The van der Waals surface area contributed by atoms with Crippen LogP contribution in [0.25, 0.3) is 11.1 Å². The van der Waals surface area contributed by atoms with Crippen LogP contribution in [0, 0.1) is 0 Å². The molecule has 1 N–H and O–H groups in total. The second-order valence-corrected chi connectivity index (χ2v) is 6.63. The number of nitrogens with zero attached hydrogens (tertiary/aromatic N) is 2. The fourth-order valence-electron chi connectivity index (χ4n) is 3.22. The summed E-state index contributed by atoms with van der Waals surface area (Å²) in [6.45, 7) is 1.74. The van der Waals surface area contributed by atoms with Gasteiger partial charge in [0.25, 0.3) is 0 Å². The lowest BCUT2D eigenvalue weighted by molar-refractivity contribution is -0.0492. The molecule has 1 saturated heterocycles. The number of benzene rings is 2. The van der Waals surface area contributed by atoms with Gasteiger partial charge in [-0.15, -0.1) is 0 Å². The van der Waals surface area contributed by atoms with Crippen molar-refractivity contribution in [2.75, 3.05) is 18.8 Å². The predicted molar refractivity (Wildman–Crippen MR) is 91.9 cm³/mol. The maximum absolute atomic E-state index is 11.4. The van der Waals surface area contributed by atoms with Gasteiger partial charge in [-0.1, -0.05) is 66.4 Å². The maximum Gasteiger partial charge on any atom is 0.176 e. The van der Waals surface area contributed by atoms with Gasteiger partial charge < -0.3 is 10.0 Å². The molecule has 1 unspecified atom stereocenters. The molecule has 1 fully saturated rings. The van der Waals surface area contributed by atoms with Crippen LogP contribution < -0.4 is 0 Å². The van der Waals surface area contributed by atoms with Gasteiger partial charge in [-0.2, -0.15) is 0 Å². The number of rotatable bonds is 2. The Morgan fingerprint density at radius 2 is 1.82 bits per heavy atom. The molecule has 0 saturated carbocycles. The summed E-state index contributed by atoms with van der Waals surface area (Å²) in [5.74, 6) is 0.635. The lowest BCUT2D eigenvalue weighted by Gasteiger charge is -2.37. The zero-order valence-corrected chi connectivity index (χ0v) is 13.1. The molecule has 1 atom stereocenters. The van der Waals surface area contributed by atoms with Gasteiger partial charge in [0.2, 0.25) is 0 Å². The maximum atomic E-state index is 11.4. The third kappa shape index (κ3) is 2.14. The van der Waals surface area contributed by atoms with Crippen molar-refractivity contribution in [3.8, 4) is 11.1 Å². The van der Waals surface area contributed by atoms with Crippen LogP contribution in [-0.4, -0.2) is 34.0 Å². The number of amidine groups is 1. The molecule has 0 aliphatic carbocycles. The lowest BCUT2D eigenvalue weighted by Crippen LogP contribution is -2.47. The van der Waals surface area contributed by atoms with Crippen molar-refractivity contribution in [2.24, 2.45) is 4.99 Å². The molecule has 0 radical (unpaired) electrons. The molecule has 0 amide bonds. The molecule has 2 aliphatic heterocycles. The number of hydrogen-bond donors (Lipinski definition) is 1. The van der Waals surface area contributed by atoms with E-state index in [2.05, 4.69) is 28.1 Å². The molecule has 2 aliphatic rings. The Labute approximate surface area is 134 Å². The van der Waals surface area contributed by atoms with E-state index in [1.54, 1.807) is 11.8 Å². The molecule has 22 heavy (non-hydrogen) atoms. The van der Waals surface area contributed by atoms with E-state index >= 15 is 0 Å². The van der Waals surface area contributed by atoms with E-state index in [-0.39, 0.29) is 0 Å².